The lowest BCUT2D eigenvalue weighted by Gasteiger charge is -2.21. The second-order valence-corrected chi connectivity index (χ2v) is 4.29. The normalized spacial score (nSPS) is 36.2. The molecule has 4 N–H and O–H groups in total. The SMILES string of the molecule is NNC(=O)NCC1CC2CCC1C2. The van der Waals surface area contributed by atoms with Gasteiger partial charge >= 0.3 is 6.03 Å². The Labute approximate surface area is 78.2 Å². The Bertz CT molecular complexity index is 207. The van der Waals surface area contributed by atoms with Gasteiger partial charge in [-0.2, -0.15) is 0 Å². The predicted molar refractivity (Wildman–Crippen MR) is 49.7 cm³/mol. The highest BCUT2D eigenvalue weighted by atomic mass is 16.2. The molecule has 2 fully saturated rings. The van der Waals surface area contributed by atoms with E-state index in [9.17, 15) is 4.79 Å². The first kappa shape index (κ1) is 8.81. The van der Waals surface area contributed by atoms with Crippen molar-refractivity contribution in [3.05, 3.63) is 0 Å². The van der Waals surface area contributed by atoms with Crippen molar-refractivity contribution in [2.45, 2.75) is 25.7 Å². The highest BCUT2D eigenvalue weighted by Gasteiger charge is 2.39. The number of fused-ring (bicyclic) bond motifs is 2. The molecule has 2 bridgehead atoms. The predicted octanol–water partition coefficient (Wildman–Crippen LogP) is 0.595. The molecule has 0 saturated heterocycles. The smallest absolute Gasteiger partial charge is 0.328 e. The van der Waals surface area contributed by atoms with E-state index in [4.69, 9.17) is 5.84 Å². The minimum Gasteiger partial charge on any atom is -0.337 e. The number of rotatable bonds is 2. The number of urea groups is 1. The van der Waals surface area contributed by atoms with E-state index in [2.05, 4.69) is 10.7 Å². The third kappa shape index (κ3) is 1.77. The topological polar surface area (TPSA) is 67.1 Å². The van der Waals surface area contributed by atoms with Crippen LogP contribution >= 0.6 is 0 Å². The lowest BCUT2D eigenvalue weighted by Crippen LogP contribution is -2.42. The summed E-state index contributed by atoms with van der Waals surface area (Å²) in [6.45, 7) is 0.796. The van der Waals surface area contributed by atoms with Gasteiger partial charge in [-0.25, -0.2) is 10.6 Å². The summed E-state index contributed by atoms with van der Waals surface area (Å²) in [6.07, 6.45) is 5.46. The number of carbonyl (C=O) groups is 1. The molecule has 0 aliphatic heterocycles. The Morgan fingerprint density at radius 3 is 2.77 bits per heavy atom. The van der Waals surface area contributed by atoms with Crippen molar-refractivity contribution in [3.63, 3.8) is 0 Å². The van der Waals surface area contributed by atoms with Crippen molar-refractivity contribution < 1.29 is 4.79 Å². The van der Waals surface area contributed by atoms with Crippen molar-refractivity contribution in [2.24, 2.45) is 23.6 Å². The van der Waals surface area contributed by atoms with Gasteiger partial charge in [0.15, 0.2) is 0 Å². The fourth-order valence-electron chi connectivity index (χ4n) is 2.90. The molecule has 0 aromatic carbocycles. The van der Waals surface area contributed by atoms with E-state index in [1.807, 2.05) is 0 Å². The molecule has 0 aromatic rings. The molecule has 2 rings (SSSR count). The van der Waals surface area contributed by atoms with Crippen molar-refractivity contribution in [3.8, 4) is 0 Å². The second-order valence-electron chi connectivity index (χ2n) is 4.29. The monoisotopic (exact) mass is 183 g/mol. The molecule has 3 atom stereocenters. The molecule has 2 aliphatic rings. The number of hydrogen-bond donors (Lipinski definition) is 3. The molecule has 74 valence electrons. The molecule has 0 radical (unpaired) electrons. The summed E-state index contributed by atoms with van der Waals surface area (Å²) in [7, 11) is 0. The Morgan fingerprint density at radius 2 is 2.23 bits per heavy atom. The van der Waals surface area contributed by atoms with Crippen LogP contribution in [-0.2, 0) is 0 Å². The minimum absolute atomic E-state index is 0.261. The molecule has 3 unspecified atom stereocenters. The molecule has 0 spiro atoms. The van der Waals surface area contributed by atoms with Crippen LogP contribution in [0.25, 0.3) is 0 Å². The maximum Gasteiger partial charge on any atom is 0.328 e. The zero-order chi connectivity index (χ0) is 9.26. The number of amides is 2. The highest BCUT2D eigenvalue weighted by Crippen LogP contribution is 2.47. The van der Waals surface area contributed by atoms with Crippen molar-refractivity contribution >= 4 is 6.03 Å². The molecular weight excluding hydrogens is 166 g/mol. The minimum atomic E-state index is -0.261. The maximum absolute atomic E-state index is 10.8. The quantitative estimate of drug-likeness (QED) is 0.333. The number of hydrogen-bond acceptors (Lipinski definition) is 2. The van der Waals surface area contributed by atoms with Crippen molar-refractivity contribution in [1.29, 1.82) is 0 Å². The van der Waals surface area contributed by atoms with Crippen LogP contribution in [0.5, 0.6) is 0 Å². The summed E-state index contributed by atoms with van der Waals surface area (Å²) < 4.78 is 0. The van der Waals surface area contributed by atoms with Gasteiger partial charge < -0.3 is 5.32 Å². The Balaban J connectivity index is 1.74. The van der Waals surface area contributed by atoms with Crippen LogP contribution in [0.3, 0.4) is 0 Å². The maximum atomic E-state index is 10.8. The first-order valence-corrected chi connectivity index (χ1v) is 5.04. The molecule has 13 heavy (non-hydrogen) atoms. The average molecular weight is 183 g/mol. The first-order valence-electron chi connectivity index (χ1n) is 5.04. The van der Waals surface area contributed by atoms with E-state index in [1.165, 1.54) is 25.7 Å². The summed E-state index contributed by atoms with van der Waals surface area (Å²) in [5, 5.41) is 2.78. The van der Waals surface area contributed by atoms with Crippen LogP contribution in [0.4, 0.5) is 4.79 Å². The van der Waals surface area contributed by atoms with Crippen LogP contribution < -0.4 is 16.6 Å². The molecule has 4 heteroatoms. The van der Waals surface area contributed by atoms with E-state index in [0.29, 0.717) is 5.92 Å². The first-order chi connectivity index (χ1) is 6.29. The third-order valence-corrected chi connectivity index (χ3v) is 3.54. The summed E-state index contributed by atoms with van der Waals surface area (Å²) in [5.74, 6) is 7.48. The third-order valence-electron chi connectivity index (χ3n) is 3.54. The number of carbonyl (C=O) groups excluding carboxylic acids is 1. The zero-order valence-corrected chi connectivity index (χ0v) is 7.75. The molecule has 0 aromatic heterocycles. The van der Waals surface area contributed by atoms with E-state index in [1.54, 1.807) is 0 Å². The number of hydrazine groups is 1. The van der Waals surface area contributed by atoms with Crippen LogP contribution in [-0.4, -0.2) is 12.6 Å². The van der Waals surface area contributed by atoms with E-state index in [0.717, 1.165) is 18.4 Å². The molecule has 4 nitrogen and oxygen atoms in total. The van der Waals surface area contributed by atoms with Gasteiger partial charge in [-0.05, 0) is 37.0 Å². The van der Waals surface area contributed by atoms with Gasteiger partial charge in [0.1, 0.15) is 0 Å². The Kier molecular flexibility index (Phi) is 2.40. The van der Waals surface area contributed by atoms with E-state index in [-0.39, 0.29) is 6.03 Å². The van der Waals surface area contributed by atoms with E-state index < -0.39 is 0 Å². The van der Waals surface area contributed by atoms with Crippen LogP contribution in [0.2, 0.25) is 0 Å². The molecule has 2 aliphatic carbocycles. The number of nitrogens with one attached hydrogen (secondary N) is 2. The lowest BCUT2D eigenvalue weighted by atomic mass is 9.89. The van der Waals surface area contributed by atoms with Crippen molar-refractivity contribution in [2.75, 3.05) is 6.54 Å². The largest absolute Gasteiger partial charge is 0.337 e. The molecule has 2 saturated carbocycles. The van der Waals surface area contributed by atoms with Gasteiger partial charge in [0.25, 0.3) is 0 Å². The molecular formula is C9H17N3O. The lowest BCUT2D eigenvalue weighted by molar-refractivity contribution is 0.235. The molecule has 0 heterocycles. The Morgan fingerprint density at radius 1 is 1.38 bits per heavy atom. The fraction of sp³-hybridized carbons (Fsp3) is 0.889. The summed E-state index contributed by atoms with van der Waals surface area (Å²) in [5.41, 5.74) is 2.08. The fourth-order valence-corrected chi connectivity index (χ4v) is 2.90. The zero-order valence-electron chi connectivity index (χ0n) is 7.75. The highest BCUT2D eigenvalue weighted by molar-refractivity contribution is 5.72. The Hall–Kier alpha value is -0.770. The van der Waals surface area contributed by atoms with Gasteiger partial charge in [0.2, 0.25) is 0 Å². The van der Waals surface area contributed by atoms with Gasteiger partial charge in [0.05, 0.1) is 0 Å². The average Bonchev–Trinajstić information content (AvgIpc) is 2.74. The van der Waals surface area contributed by atoms with Gasteiger partial charge in [-0.15, -0.1) is 0 Å². The summed E-state index contributed by atoms with van der Waals surface area (Å²) in [6, 6.07) is -0.261. The van der Waals surface area contributed by atoms with Gasteiger partial charge in [-0.1, -0.05) is 6.42 Å². The van der Waals surface area contributed by atoms with Crippen LogP contribution in [0.1, 0.15) is 25.7 Å². The number of nitrogens with two attached hydrogens (primary N) is 1. The standard InChI is InChI=1S/C9H17N3O/c10-12-9(13)11-5-8-4-6-1-2-7(8)3-6/h6-8H,1-5,10H2,(H2,11,12,13). The van der Waals surface area contributed by atoms with Crippen molar-refractivity contribution in [1.82, 2.24) is 10.7 Å². The van der Waals surface area contributed by atoms with E-state index >= 15 is 0 Å². The van der Waals surface area contributed by atoms with Gasteiger partial charge in [-0.3, -0.25) is 5.43 Å². The van der Waals surface area contributed by atoms with Crippen LogP contribution in [0, 0.1) is 17.8 Å². The van der Waals surface area contributed by atoms with Gasteiger partial charge in [0, 0.05) is 6.54 Å². The molecule has 2 amide bonds. The second kappa shape index (κ2) is 3.54. The summed E-state index contributed by atoms with van der Waals surface area (Å²) >= 11 is 0. The van der Waals surface area contributed by atoms with Crippen LogP contribution in [0.15, 0.2) is 0 Å². The summed E-state index contributed by atoms with van der Waals surface area (Å²) in [4.78, 5) is 10.8.